The van der Waals surface area contributed by atoms with Crippen LogP contribution in [0.25, 0.3) is 11.0 Å². The van der Waals surface area contributed by atoms with E-state index in [1.165, 1.54) is 0 Å². The van der Waals surface area contributed by atoms with E-state index < -0.39 is 0 Å². The number of anilines is 1. The zero-order valence-electron chi connectivity index (χ0n) is 19.8. The molecule has 0 bridgehead atoms. The maximum absolute atomic E-state index is 13.5. The normalized spacial score (nSPS) is 23.3. The first kappa shape index (κ1) is 22.7. The second-order valence-electron chi connectivity index (χ2n) is 10.5. The fourth-order valence-corrected chi connectivity index (χ4v) is 5.70. The molecule has 1 aromatic heterocycles. The van der Waals surface area contributed by atoms with Gasteiger partial charge >= 0.3 is 0 Å². The molecule has 6 nitrogen and oxygen atoms in total. The minimum absolute atomic E-state index is 0.264. The molecule has 0 spiro atoms. The number of hydrogen-bond acceptors (Lipinski definition) is 6. The number of hydrogen-bond donors (Lipinski definition) is 0. The van der Waals surface area contributed by atoms with Gasteiger partial charge in [0.2, 0.25) is 0 Å². The first-order chi connectivity index (χ1) is 15.3. The molecule has 0 radical (unpaired) electrons. The molecule has 0 unspecified atom stereocenters. The summed E-state index contributed by atoms with van der Waals surface area (Å²) in [6.45, 7) is 10.5. The lowest BCUT2D eigenvalue weighted by Crippen LogP contribution is -2.44. The van der Waals surface area contributed by atoms with Crippen molar-refractivity contribution in [3.05, 3.63) is 30.1 Å². The highest BCUT2D eigenvalue weighted by Gasteiger charge is 2.39. The van der Waals surface area contributed by atoms with Gasteiger partial charge in [-0.1, -0.05) is 20.8 Å². The predicted molar refractivity (Wildman–Crippen MR) is 127 cm³/mol. The van der Waals surface area contributed by atoms with Gasteiger partial charge in [0, 0.05) is 37.3 Å². The number of piperidine rings is 2. The summed E-state index contributed by atoms with van der Waals surface area (Å²) in [4.78, 5) is 27.2. The first-order valence-corrected chi connectivity index (χ1v) is 11.9. The van der Waals surface area contributed by atoms with Crippen LogP contribution in [0.4, 0.5) is 5.69 Å². The number of benzene rings is 1. The van der Waals surface area contributed by atoms with Crippen molar-refractivity contribution in [3.8, 4) is 6.07 Å². The average Bonchev–Trinajstić information content (AvgIpc) is 2.78. The molecular formula is C26H35N5O. The molecule has 1 aromatic carbocycles. The zero-order chi connectivity index (χ0) is 22.9. The van der Waals surface area contributed by atoms with Crippen LogP contribution in [-0.4, -0.2) is 53.9 Å². The summed E-state index contributed by atoms with van der Waals surface area (Å²) in [7, 11) is 2.17. The number of carbonyl (C=O) groups excluding carboxylic acids is 1. The van der Waals surface area contributed by atoms with Gasteiger partial charge in [-0.25, -0.2) is 0 Å². The molecule has 2 saturated heterocycles. The Balaban J connectivity index is 1.51. The number of nitriles is 1. The number of fused-ring (bicyclic) bond motifs is 1. The van der Waals surface area contributed by atoms with E-state index in [1.807, 2.05) is 12.1 Å². The van der Waals surface area contributed by atoms with Crippen LogP contribution in [-0.2, 0) is 4.79 Å². The van der Waals surface area contributed by atoms with Crippen LogP contribution in [0.1, 0.15) is 52.0 Å². The van der Waals surface area contributed by atoms with Crippen LogP contribution >= 0.6 is 0 Å². The Morgan fingerprint density at radius 1 is 1.16 bits per heavy atom. The average molecular weight is 434 g/mol. The van der Waals surface area contributed by atoms with Crippen LogP contribution in [0.15, 0.2) is 24.5 Å². The van der Waals surface area contributed by atoms with E-state index in [1.54, 1.807) is 12.4 Å². The number of carbonyl (C=O) groups is 1. The molecule has 2 aromatic rings. The third-order valence-corrected chi connectivity index (χ3v) is 7.74. The lowest BCUT2D eigenvalue weighted by Gasteiger charge is -2.41. The lowest BCUT2D eigenvalue weighted by molar-refractivity contribution is -0.132. The monoisotopic (exact) mass is 433 g/mol. The number of nitrogens with zero attached hydrogens (tertiary/aromatic N) is 5. The molecule has 2 aliphatic heterocycles. The third-order valence-electron chi connectivity index (χ3n) is 7.74. The highest BCUT2D eigenvalue weighted by Crippen LogP contribution is 2.39. The highest BCUT2D eigenvalue weighted by atomic mass is 16.1. The Hall–Kier alpha value is -2.52. The van der Waals surface area contributed by atoms with Gasteiger partial charge in [-0.3, -0.25) is 14.8 Å². The summed E-state index contributed by atoms with van der Waals surface area (Å²) >= 11 is 0. The molecule has 170 valence electrons. The lowest BCUT2D eigenvalue weighted by atomic mass is 9.68. The Morgan fingerprint density at radius 2 is 1.84 bits per heavy atom. The van der Waals surface area contributed by atoms with Gasteiger partial charge in [-0.05, 0) is 69.3 Å². The molecule has 2 fully saturated rings. The molecule has 3 heterocycles. The van der Waals surface area contributed by atoms with Crippen molar-refractivity contribution in [3.63, 3.8) is 0 Å². The molecule has 2 aliphatic rings. The third kappa shape index (κ3) is 4.49. The quantitative estimate of drug-likeness (QED) is 0.700. The summed E-state index contributed by atoms with van der Waals surface area (Å²) in [6, 6.07) is 6.06. The van der Waals surface area contributed by atoms with Gasteiger partial charge in [0.1, 0.15) is 22.9 Å². The van der Waals surface area contributed by atoms with Gasteiger partial charge in [-0.2, -0.15) is 5.26 Å². The van der Waals surface area contributed by atoms with Gasteiger partial charge in [0.15, 0.2) is 0 Å². The molecule has 0 saturated carbocycles. The number of ketones is 1. The molecule has 0 aliphatic carbocycles. The van der Waals surface area contributed by atoms with E-state index in [0.29, 0.717) is 41.0 Å². The minimum atomic E-state index is -0.264. The van der Waals surface area contributed by atoms with E-state index in [0.717, 1.165) is 56.6 Å². The van der Waals surface area contributed by atoms with Crippen molar-refractivity contribution in [2.24, 2.45) is 23.2 Å². The number of likely N-dealkylation sites (tertiary alicyclic amines) is 1. The summed E-state index contributed by atoms with van der Waals surface area (Å²) < 4.78 is 0. The van der Waals surface area contributed by atoms with Gasteiger partial charge in [0.05, 0.1) is 11.3 Å². The van der Waals surface area contributed by atoms with E-state index >= 15 is 0 Å². The fourth-order valence-electron chi connectivity index (χ4n) is 5.70. The van der Waals surface area contributed by atoms with Crippen molar-refractivity contribution < 1.29 is 4.79 Å². The van der Waals surface area contributed by atoms with Crippen molar-refractivity contribution >= 4 is 22.5 Å². The van der Waals surface area contributed by atoms with Crippen molar-refractivity contribution in [1.29, 1.82) is 5.26 Å². The molecule has 32 heavy (non-hydrogen) atoms. The SMILES string of the molecule is C[C@H]1C[C@@H](CC(=O)C(C)(C)C2CCN(C)CC2)CN(c2ccc(C#N)c3nccnc23)C1. The predicted octanol–water partition coefficient (Wildman–Crippen LogP) is 4.29. The molecule has 2 atom stereocenters. The second-order valence-corrected chi connectivity index (χ2v) is 10.5. The number of rotatable bonds is 5. The Labute approximate surface area is 191 Å². The largest absolute Gasteiger partial charge is 0.369 e. The second kappa shape index (κ2) is 9.15. The fraction of sp³-hybridized carbons (Fsp3) is 0.615. The zero-order valence-corrected chi connectivity index (χ0v) is 19.8. The van der Waals surface area contributed by atoms with E-state index in [4.69, 9.17) is 0 Å². The Morgan fingerprint density at radius 3 is 2.53 bits per heavy atom. The minimum Gasteiger partial charge on any atom is -0.369 e. The van der Waals surface area contributed by atoms with Crippen LogP contribution in [0, 0.1) is 34.5 Å². The highest BCUT2D eigenvalue weighted by molar-refractivity contribution is 5.92. The van der Waals surface area contributed by atoms with Crippen LogP contribution < -0.4 is 4.90 Å². The summed E-state index contributed by atoms with van der Waals surface area (Å²) in [5.41, 5.74) is 2.73. The van der Waals surface area contributed by atoms with Gasteiger partial charge in [0.25, 0.3) is 0 Å². The maximum atomic E-state index is 13.5. The summed E-state index contributed by atoms with van der Waals surface area (Å²) in [5, 5.41) is 9.45. The van der Waals surface area contributed by atoms with Crippen LogP contribution in [0.3, 0.4) is 0 Å². The smallest absolute Gasteiger partial charge is 0.139 e. The van der Waals surface area contributed by atoms with Crippen LogP contribution in [0.5, 0.6) is 0 Å². The van der Waals surface area contributed by atoms with E-state index in [9.17, 15) is 10.1 Å². The molecule has 6 heteroatoms. The van der Waals surface area contributed by atoms with E-state index in [2.05, 4.69) is 53.7 Å². The molecule has 0 N–H and O–H groups in total. The molecular weight excluding hydrogens is 398 g/mol. The van der Waals surface area contributed by atoms with Gasteiger partial charge < -0.3 is 9.80 Å². The summed E-state index contributed by atoms with van der Waals surface area (Å²) in [6.07, 6.45) is 7.26. The van der Waals surface area contributed by atoms with Crippen molar-refractivity contribution in [1.82, 2.24) is 14.9 Å². The topological polar surface area (TPSA) is 73.1 Å². The van der Waals surface area contributed by atoms with Gasteiger partial charge in [-0.15, -0.1) is 0 Å². The number of aromatic nitrogens is 2. The van der Waals surface area contributed by atoms with Crippen molar-refractivity contribution in [2.45, 2.75) is 46.5 Å². The first-order valence-electron chi connectivity index (χ1n) is 11.9. The van der Waals surface area contributed by atoms with Crippen LogP contribution in [0.2, 0.25) is 0 Å². The maximum Gasteiger partial charge on any atom is 0.139 e. The molecule has 4 rings (SSSR count). The van der Waals surface area contributed by atoms with Crippen molar-refractivity contribution in [2.75, 3.05) is 38.1 Å². The number of Topliss-reactive ketones (excluding diaryl/α,β-unsaturated/α-hetero) is 1. The summed E-state index contributed by atoms with van der Waals surface area (Å²) in [5.74, 6) is 1.71. The molecule has 0 amide bonds. The Kier molecular flexibility index (Phi) is 6.48. The Bertz CT molecular complexity index is 1020. The van der Waals surface area contributed by atoms with E-state index in [-0.39, 0.29) is 5.41 Å². The standard InChI is InChI=1S/C26H35N5O/c1-18-13-19(14-23(32)26(2,3)21-7-11-30(4)12-8-21)17-31(16-18)22-6-5-20(15-27)24-25(22)29-10-9-28-24/h5-6,9-10,18-19,21H,7-8,11-14,16-17H2,1-4H3/t18-,19-/m0/s1.